The molecule has 66 valence electrons. The Morgan fingerprint density at radius 2 is 1.91 bits per heavy atom. The second kappa shape index (κ2) is 8.74. The van der Waals surface area contributed by atoms with E-state index in [1.54, 1.807) is 0 Å². The maximum atomic E-state index is 5.31. The van der Waals surface area contributed by atoms with Gasteiger partial charge in [-0.15, -0.1) is 0 Å². The van der Waals surface area contributed by atoms with E-state index in [1.807, 2.05) is 13.8 Å². The maximum Gasteiger partial charge on any atom is 2.00 e. The van der Waals surface area contributed by atoms with Crippen molar-refractivity contribution < 1.29 is 25.8 Å². The zero-order valence-electron chi connectivity index (χ0n) is 7.67. The third-order valence-electron chi connectivity index (χ3n) is 1.12. The Morgan fingerprint density at radius 3 is 2.27 bits per heavy atom. The molecule has 0 aliphatic heterocycles. The van der Waals surface area contributed by atoms with Crippen LogP contribution in [0.4, 0.5) is 0 Å². The molecule has 0 aromatic heterocycles. The summed E-state index contributed by atoms with van der Waals surface area (Å²) in [5, 5.41) is 0. The largest absolute Gasteiger partial charge is 2.00 e. The van der Waals surface area contributed by atoms with Crippen LogP contribution in [0.25, 0.3) is 0 Å². The summed E-state index contributed by atoms with van der Waals surface area (Å²) >= 11 is 0. The van der Waals surface area contributed by atoms with Crippen molar-refractivity contribution >= 4 is 0 Å². The molecule has 11 heavy (non-hydrogen) atoms. The summed E-state index contributed by atoms with van der Waals surface area (Å²) in [7, 11) is 0. The molecule has 0 heterocycles. The van der Waals surface area contributed by atoms with Crippen LogP contribution in [0, 0.1) is 19.3 Å². The van der Waals surface area contributed by atoms with E-state index in [-0.39, 0.29) is 21.1 Å². The zero-order valence-corrected chi connectivity index (χ0v) is 10.6. The monoisotopic (exact) mass is 326 g/mol. The summed E-state index contributed by atoms with van der Waals surface area (Å²) in [6.45, 7) is 10.8. The Hall–Kier alpha value is 0.648. The topological polar surface area (TPSA) is 9.23 Å². The molecule has 1 atom stereocenters. The number of rotatable bonds is 5. The first-order valence-electron chi connectivity index (χ1n) is 3.89. The van der Waals surface area contributed by atoms with Crippen LogP contribution < -0.4 is 0 Å². The van der Waals surface area contributed by atoms with Crippen molar-refractivity contribution in [2.24, 2.45) is 5.92 Å². The van der Waals surface area contributed by atoms with Gasteiger partial charge in [-0.3, -0.25) is 0 Å². The van der Waals surface area contributed by atoms with Gasteiger partial charge in [-0.25, -0.2) is 6.42 Å². The predicted molar refractivity (Wildman–Crippen MR) is 44.5 cm³/mol. The molecule has 0 amide bonds. The van der Waals surface area contributed by atoms with Crippen LogP contribution in [0.2, 0.25) is 0 Å². The van der Waals surface area contributed by atoms with Crippen LogP contribution in [0.15, 0.2) is 0 Å². The summed E-state index contributed by atoms with van der Waals surface area (Å²) in [5.41, 5.74) is 0. The summed E-state index contributed by atoms with van der Waals surface area (Å²) in [6, 6.07) is 0. The van der Waals surface area contributed by atoms with Gasteiger partial charge in [0.1, 0.15) is 0 Å². The Bertz CT molecular complexity index is 62.0. The summed E-state index contributed by atoms with van der Waals surface area (Å²) in [5.74, 6) is 0.510. The van der Waals surface area contributed by atoms with Gasteiger partial charge in [-0.1, -0.05) is 13.5 Å². The standard InChI is InChI=1S/C9H18O.W/c1-8(2)6-5-7-10-9(3)4;/h5,8-9H,1,6-7H2,2-4H3;/q-2;+2/t8-;/m1./s1. The van der Waals surface area contributed by atoms with Crippen molar-refractivity contribution in [2.45, 2.75) is 33.3 Å². The van der Waals surface area contributed by atoms with Crippen LogP contribution in [0.5, 0.6) is 0 Å². The number of ether oxygens (including phenoxy) is 1. The molecule has 0 spiro atoms. The van der Waals surface area contributed by atoms with E-state index < -0.39 is 0 Å². The molecule has 0 bridgehead atoms. The van der Waals surface area contributed by atoms with Crippen molar-refractivity contribution in [3.8, 4) is 0 Å². The van der Waals surface area contributed by atoms with Gasteiger partial charge in [-0.05, 0) is 13.8 Å². The van der Waals surface area contributed by atoms with Gasteiger partial charge in [0.25, 0.3) is 0 Å². The average Bonchev–Trinajstić information content (AvgIpc) is 1.79. The smallest absolute Gasteiger partial charge is 0.411 e. The van der Waals surface area contributed by atoms with E-state index in [0.29, 0.717) is 12.0 Å². The molecule has 0 aromatic carbocycles. The second-order valence-electron chi connectivity index (χ2n) is 3.01. The molecule has 0 saturated heterocycles. The number of hydrogen-bond donors (Lipinski definition) is 0. The van der Waals surface area contributed by atoms with Gasteiger partial charge in [0, 0.05) is 6.10 Å². The van der Waals surface area contributed by atoms with E-state index in [4.69, 9.17) is 4.74 Å². The van der Waals surface area contributed by atoms with E-state index in [1.165, 1.54) is 0 Å². The zero-order chi connectivity index (χ0) is 7.98. The SMILES string of the molecule is [CH2-][C@H](C)C[CH-]COC(C)C.[W+2]. The van der Waals surface area contributed by atoms with Crippen LogP contribution in [0.3, 0.4) is 0 Å². The Morgan fingerprint density at radius 1 is 1.36 bits per heavy atom. The summed E-state index contributed by atoms with van der Waals surface area (Å²) < 4.78 is 5.31. The van der Waals surface area contributed by atoms with Gasteiger partial charge >= 0.3 is 21.1 Å². The van der Waals surface area contributed by atoms with Crippen molar-refractivity contribution in [2.75, 3.05) is 6.61 Å². The fourth-order valence-electron chi connectivity index (χ4n) is 0.613. The van der Waals surface area contributed by atoms with Gasteiger partial charge < -0.3 is 18.1 Å². The molecule has 2 heteroatoms. The van der Waals surface area contributed by atoms with Crippen LogP contribution >= 0.6 is 0 Å². The minimum atomic E-state index is 0. The Kier molecular flexibility index (Phi) is 11.3. The number of hydrogen-bond acceptors (Lipinski definition) is 1. The molecular formula is C9H18OW. The Labute approximate surface area is 85.2 Å². The fourth-order valence-corrected chi connectivity index (χ4v) is 0.613. The minimum absolute atomic E-state index is 0. The minimum Gasteiger partial charge on any atom is -0.411 e. The van der Waals surface area contributed by atoms with Crippen molar-refractivity contribution in [3.63, 3.8) is 0 Å². The van der Waals surface area contributed by atoms with Crippen LogP contribution in [0.1, 0.15) is 27.2 Å². The van der Waals surface area contributed by atoms with Gasteiger partial charge in [0.05, 0.1) is 0 Å². The first-order valence-corrected chi connectivity index (χ1v) is 3.89. The van der Waals surface area contributed by atoms with Crippen molar-refractivity contribution in [1.82, 2.24) is 0 Å². The van der Waals surface area contributed by atoms with E-state index in [0.717, 1.165) is 13.0 Å². The molecule has 0 N–H and O–H groups in total. The molecule has 0 fully saturated rings. The first-order chi connectivity index (χ1) is 4.63. The molecule has 0 unspecified atom stereocenters. The predicted octanol–water partition coefficient (Wildman–Crippen LogP) is 2.47. The maximum absolute atomic E-state index is 5.31. The molecule has 0 radical (unpaired) electrons. The molecule has 0 rings (SSSR count). The van der Waals surface area contributed by atoms with E-state index in [2.05, 4.69) is 20.3 Å². The van der Waals surface area contributed by atoms with Gasteiger partial charge in [0.2, 0.25) is 0 Å². The van der Waals surface area contributed by atoms with Crippen LogP contribution in [-0.4, -0.2) is 12.7 Å². The summed E-state index contributed by atoms with van der Waals surface area (Å²) in [6.07, 6.45) is 3.53. The van der Waals surface area contributed by atoms with E-state index >= 15 is 0 Å². The third-order valence-corrected chi connectivity index (χ3v) is 1.12. The normalized spacial score (nSPS) is 12.8. The van der Waals surface area contributed by atoms with Gasteiger partial charge in [-0.2, -0.15) is 5.92 Å². The molecule has 0 saturated carbocycles. The second-order valence-corrected chi connectivity index (χ2v) is 3.01. The Balaban J connectivity index is 0. The quantitative estimate of drug-likeness (QED) is 0.557. The van der Waals surface area contributed by atoms with Crippen LogP contribution in [-0.2, 0) is 25.8 Å². The molecule has 0 aliphatic carbocycles. The van der Waals surface area contributed by atoms with E-state index in [9.17, 15) is 0 Å². The van der Waals surface area contributed by atoms with Crippen molar-refractivity contribution in [1.29, 1.82) is 0 Å². The van der Waals surface area contributed by atoms with Gasteiger partial charge in [0.15, 0.2) is 0 Å². The molecule has 0 aromatic rings. The third kappa shape index (κ3) is 13.6. The fraction of sp³-hybridized carbons (Fsp3) is 0.778. The first kappa shape index (κ1) is 14.2. The average molecular weight is 326 g/mol. The molecular weight excluding hydrogens is 308 g/mol. The molecule has 0 aliphatic rings. The molecule has 1 nitrogen and oxygen atoms in total. The van der Waals surface area contributed by atoms with Crippen molar-refractivity contribution in [3.05, 3.63) is 13.3 Å². The summed E-state index contributed by atoms with van der Waals surface area (Å²) in [4.78, 5) is 0.